The maximum Gasteiger partial charge on any atom is 0.141 e. The molecule has 1 aromatic heterocycles. The minimum atomic E-state index is -0.299. The first-order valence-corrected chi connectivity index (χ1v) is 7.57. The summed E-state index contributed by atoms with van der Waals surface area (Å²) >= 11 is 3.44. The molecule has 1 N–H and O–H groups in total. The molecule has 2 rings (SSSR count). The average molecular weight is 337 g/mol. The van der Waals surface area contributed by atoms with Crippen LogP contribution in [-0.2, 0) is 6.42 Å². The van der Waals surface area contributed by atoms with E-state index in [9.17, 15) is 4.39 Å². The molecule has 0 fully saturated rings. The summed E-state index contributed by atoms with van der Waals surface area (Å²) in [5.41, 5.74) is 2.11. The van der Waals surface area contributed by atoms with Gasteiger partial charge in [-0.25, -0.2) is 4.39 Å². The van der Waals surface area contributed by atoms with Gasteiger partial charge >= 0.3 is 0 Å². The monoisotopic (exact) mass is 336 g/mol. The van der Waals surface area contributed by atoms with Gasteiger partial charge in [0, 0.05) is 4.47 Å². The largest absolute Gasteiger partial charge is 0.308 e. The van der Waals surface area contributed by atoms with E-state index in [0.717, 1.165) is 29.6 Å². The van der Waals surface area contributed by atoms with Gasteiger partial charge in [0.15, 0.2) is 0 Å². The molecule has 0 bridgehead atoms. The van der Waals surface area contributed by atoms with Gasteiger partial charge < -0.3 is 5.32 Å². The SMILES string of the molecule is CCCNC(Cc1ccc(Br)cc1)c1ccc(F)cn1. The Morgan fingerprint density at radius 1 is 1.20 bits per heavy atom. The highest BCUT2D eigenvalue weighted by Gasteiger charge is 2.13. The molecule has 0 aliphatic heterocycles. The summed E-state index contributed by atoms with van der Waals surface area (Å²) in [5, 5.41) is 3.47. The number of hydrogen-bond donors (Lipinski definition) is 1. The van der Waals surface area contributed by atoms with Crippen LogP contribution in [-0.4, -0.2) is 11.5 Å². The zero-order valence-corrected chi connectivity index (χ0v) is 13.0. The van der Waals surface area contributed by atoms with E-state index in [2.05, 4.69) is 45.3 Å². The Hall–Kier alpha value is -1.26. The number of pyridine rings is 1. The zero-order chi connectivity index (χ0) is 14.4. The molecular weight excluding hydrogens is 319 g/mol. The predicted octanol–water partition coefficient (Wildman–Crippen LogP) is 4.27. The van der Waals surface area contributed by atoms with Gasteiger partial charge in [-0.05, 0) is 49.2 Å². The quantitative estimate of drug-likeness (QED) is 0.852. The summed E-state index contributed by atoms with van der Waals surface area (Å²) in [5.74, 6) is -0.299. The van der Waals surface area contributed by atoms with Crippen molar-refractivity contribution in [2.45, 2.75) is 25.8 Å². The standard InChI is InChI=1S/C16H18BrFN2/c1-2-9-19-16(15-8-7-14(18)11-20-15)10-12-3-5-13(17)6-4-12/h3-8,11,16,19H,2,9-10H2,1H3. The molecule has 0 aliphatic carbocycles. The molecule has 0 spiro atoms. The van der Waals surface area contributed by atoms with Crippen LogP contribution in [0.3, 0.4) is 0 Å². The van der Waals surface area contributed by atoms with Crippen LogP contribution in [0.2, 0.25) is 0 Å². The smallest absolute Gasteiger partial charge is 0.141 e. The van der Waals surface area contributed by atoms with Gasteiger partial charge in [0.05, 0.1) is 17.9 Å². The molecule has 0 amide bonds. The topological polar surface area (TPSA) is 24.9 Å². The van der Waals surface area contributed by atoms with E-state index in [1.807, 2.05) is 12.1 Å². The third kappa shape index (κ3) is 4.39. The minimum Gasteiger partial charge on any atom is -0.308 e. The van der Waals surface area contributed by atoms with Crippen molar-refractivity contribution in [2.24, 2.45) is 0 Å². The molecule has 0 aliphatic rings. The second-order valence-electron chi connectivity index (χ2n) is 4.74. The highest BCUT2D eigenvalue weighted by atomic mass is 79.9. The van der Waals surface area contributed by atoms with E-state index >= 15 is 0 Å². The number of hydrogen-bond acceptors (Lipinski definition) is 2. The van der Waals surface area contributed by atoms with Gasteiger partial charge in [-0.1, -0.05) is 35.0 Å². The van der Waals surface area contributed by atoms with Gasteiger partial charge in [0.1, 0.15) is 5.82 Å². The molecular formula is C16H18BrFN2. The van der Waals surface area contributed by atoms with Crippen LogP contribution in [0.5, 0.6) is 0 Å². The average Bonchev–Trinajstić information content (AvgIpc) is 2.46. The van der Waals surface area contributed by atoms with Crippen LogP contribution in [0.25, 0.3) is 0 Å². The summed E-state index contributed by atoms with van der Waals surface area (Å²) in [6.45, 7) is 3.04. The van der Waals surface area contributed by atoms with Crippen molar-refractivity contribution in [1.29, 1.82) is 0 Å². The molecule has 4 heteroatoms. The summed E-state index contributed by atoms with van der Waals surface area (Å²) in [4.78, 5) is 4.20. The number of nitrogens with zero attached hydrogens (tertiary/aromatic N) is 1. The molecule has 20 heavy (non-hydrogen) atoms. The lowest BCUT2D eigenvalue weighted by molar-refractivity contribution is 0.514. The highest BCUT2D eigenvalue weighted by Crippen LogP contribution is 2.19. The molecule has 0 saturated heterocycles. The Kier molecular flexibility index (Phi) is 5.68. The van der Waals surface area contributed by atoms with E-state index < -0.39 is 0 Å². The van der Waals surface area contributed by atoms with Crippen LogP contribution in [0.4, 0.5) is 4.39 Å². The van der Waals surface area contributed by atoms with Crippen molar-refractivity contribution in [2.75, 3.05) is 6.54 Å². The fourth-order valence-corrected chi connectivity index (χ4v) is 2.31. The zero-order valence-electron chi connectivity index (χ0n) is 11.4. The van der Waals surface area contributed by atoms with Crippen LogP contribution in [0, 0.1) is 5.82 Å². The Balaban J connectivity index is 2.14. The van der Waals surface area contributed by atoms with E-state index in [-0.39, 0.29) is 11.9 Å². The van der Waals surface area contributed by atoms with Crippen molar-refractivity contribution in [3.05, 3.63) is 64.1 Å². The van der Waals surface area contributed by atoms with Crippen LogP contribution >= 0.6 is 15.9 Å². The van der Waals surface area contributed by atoms with Gasteiger partial charge in [-0.3, -0.25) is 4.98 Å². The lowest BCUT2D eigenvalue weighted by Gasteiger charge is -2.18. The molecule has 0 saturated carbocycles. The van der Waals surface area contributed by atoms with Crippen LogP contribution < -0.4 is 5.32 Å². The maximum atomic E-state index is 13.0. The first-order chi connectivity index (χ1) is 9.69. The fraction of sp³-hybridized carbons (Fsp3) is 0.312. The van der Waals surface area contributed by atoms with E-state index in [4.69, 9.17) is 0 Å². The van der Waals surface area contributed by atoms with Crippen molar-refractivity contribution in [3.8, 4) is 0 Å². The van der Waals surface area contributed by atoms with Crippen molar-refractivity contribution in [1.82, 2.24) is 10.3 Å². The van der Waals surface area contributed by atoms with Crippen molar-refractivity contribution in [3.63, 3.8) is 0 Å². The van der Waals surface area contributed by atoms with Gasteiger partial charge in [-0.2, -0.15) is 0 Å². The molecule has 0 radical (unpaired) electrons. The number of halogens is 2. The van der Waals surface area contributed by atoms with Gasteiger partial charge in [-0.15, -0.1) is 0 Å². The molecule has 1 unspecified atom stereocenters. The van der Waals surface area contributed by atoms with E-state index in [0.29, 0.717) is 0 Å². The molecule has 1 heterocycles. The first-order valence-electron chi connectivity index (χ1n) is 6.78. The van der Waals surface area contributed by atoms with Crippen molar-refractivity contribution >= 4 is 15.9 Å². The van der Waals surface area contributed by atoms with Crippen molar-refractivity contribution < 1.29 is 4.39 Å². The summed E-state index contributed by atoms with van der Waals surface area (Å²) < 4.78 is 14.1. The van der Waals surface area contributed by atoms with Crippen LogP contribution in [0.1, 0.15) is 30.6 Å². The number of rotatable bonds is 6. The Morgan fingerprint density at radius 3 is 2.55 bits per heavy atom. The Morgan fingerprint density at radius 2 is 1.95 bits per heavy atom. The Bertz CT molecular complexity index is 525. The normalized spacial score (nSPS) is 12.3. The number of aromatic nitrogens is 1. The summed E-state index contributed by atoms with van der Waals surface area (Å²) in [6, 6.07) is 11.6. The summed E-state index contributed by atoms with van der Waals surface area (Å²) in [7, 11) is 0. The maximum absolute atomic E-state index is 13.0. The molecule has 2 nitrogen and oxygen atoms in total. The van der Waals surface area contributed by atoms with Crippen LogP contribution in [0.15, 0.2) is 47.1 Å². The molecule has 2 aromatic rings. The minimum absolute atomic E-state index is 0.108. The lowest BCUT2D eigenvalue weighted by atomic mass is 10.0. The van der Waals surface area contributed by atoms with E-state index in [1.54, 1.807) is 6.07 Å². The third-order valence-corrected chi connectivity index (χ3v) is 3.63. The lowest BCUT2D eigenvalue weighted by Crippen LogP contribution is -2.25. The number of benzene rings is 1. The highest BCUT2D eigenvalue weighted by molar-refractivity contribution is 9.10. The molecule has 106 valence electrons. The van der Waals surface area contributed by atoms with Gasteiger partial charge in [0.25, 0.3) is 0 Å². The number of nitrogens with one attached hydrogen (secondary N) is 1. The predicted molar refractivity (Wildman–Crippen MR) is 83.1 cm³/mol. The second-order valence-corrected chi connectivity index (χ2v) is 5.65. The Labute approximate surface area is 127 Å². The van der Waals surface area contributed by atoms with E-state index in [1.165, 1.54) is 17.8 Å². The fourth-order valence-electron chi connectivity index (χ4n) is 2.05. The summed E-state index contributed by atoms with van der Waals surface area (Å²) in [6.07, 6.45) is 3.17. The second kappa shape index (κ2) is 7.50. The molecule has 1 atom stereocenters. The third-order valence-electron chi connectivity index (χ3n) is 3.10. The first kappa shape index (κ1) is 15.1. The molecule has 1 aromatic carbocycles. The van der Waals surface area contributed by atoms with Gasteiger partial charge in [0.2, 0.25) is 0 Å².